The van der Waals surface area contributed by atoms with Crippen LogP contribution in [0.5, 0.6) is 0 Å². The van der Waals surface area contributed by atoms with Gasteiger partial charge in [0.05, 0.1) is 11.7 Å². The Bertz CT molecular complexity index is 327. The monoisotopic (exact) mass is 271 g/mol. The SMILES string of the molecule is CC1CN(CCCC(C)(C)C(N)=NO)CC(C)(C)O1. The van der Waals surface area contributed by atoms with Gasteiger partial charge in [0.1, 0.15) is 5.84 Å². The predicted octanol–water partition coefficient (Wildman–Crippen LogP) is 2.04. The second-order valence-electron chi connectivity index (χ2n) is 6.90. The lowest BCUT2D eigenvalue weighted by atomic mass is 9.86. The Morgan fingerprint density at radius 3 is 2.68 bits per heavy atom. The lowest BCUT2D eigenvalue weighted by Crippen LogP contribution is -2.52. The first kappa shape index (κ1) is 16.2. The number of nitrogens with two attached hydrogens (primary N) is 1. The van der Waals surface area contributed by atoms with Crippen LogP contribution in [0.2, 0.25) is 0 Å². The first-order valence-corrected chi connectivity index (χ1v) is 7.04. The smallest absolute Gasteiger partial charge is 0.144 e. The van der Waals surface area contributed by atoms with Crippen LogP contribution in [0.15, 0.2) is 5.16 Å². The molecule has 5 nitrogen and oxygen atoms in total. The maximum Gasteiger partial charge on any atom is 0.144 e. The van der Waals surface area contributed by atoms with Crippen LogP contribution in [-0.4, -0.2) is 47.3 Å². The van der Waals surface area contributed by atoms with Crippen LogP contribution in [0.3, 0.4) is 0 Å². The summed E-state index contributed by atoms with van der Waals surface area (Å²) in [6, 6.07) is 0. The molecule has 0 spiro atoms. The summed E-state index contributed by atoms with van der Waals surface area (Å²) in [5, 5.41) is 11.9. The van der Waals surface area contributed by atoms with Crippen molar-refractivity contribution in [3.05, 3.63) is 0 Å². The Morgan fingerprint density at radius 1 is 1.53 bits per heavy atom. The summed E-state index contributed by atoms with van der Waals surface area (Å²) in [6.07, 6.45) is 2.22. The third kappa shape index (κ3) is 4.99. The summed E-state index contributed by atoms with van der Waals surface area (Å²) >= 11 is 0. The van der Waals surface area contributed by atoms with Crippen molar-refractivity contribution in [2.45, 2.75) is 59.2 Å². The highest BCUT2D eigenvalue weighted by Crippen LogP contribution is 2.25. The van der Waals surface area contributed by atoms with Gasteiger partial charge >= 0.3 is 0 Å². The van der Waals surface area contributed by atoms with Gasteiger partial charge in [0.15, 0.2) is 0 Å². The highest BCUT2D eigenvalue weighted by atomic mass is 16.5. The van der Waals surface area contributed by atoms with Gasteiger partial charge in [0.2, 0.25) is 0 Å². The second-order valence-corrected chi connectivity index (χ2v) is 6.90. The van der Waals surface area contributed by atoms with E-state index in [9.17, 15) is 0 Å². The fraction of sp³-hybridized carbons (Fsp3) is 0.929. The number of morpholine rings is 1. The third-order valence-corrected chi connectivity index (χ3v) is 3.72. The van der Waals surface area contributed by atoms with Gasteiger partial charge in [-0.25, -0.2) is 0 Å². The molecule has 0 radical (unpaired) electrons. The van der Waals surface area contributed by atoms with Gasteiger partial charge in [-0.3, -0.25) is 4.90 Å². The standard InChI is InChI=1S/C14H29N3O2/c1-11-9-17(10-14(4,5)19-11)8-6-7-13(2,3)12(15)16-18/h11,18H,6-10H2,1-5H3,(H2,15,16). The summed E-state index contributed by atoms with van der Waals surface area (Å²) in [4.78, 5) is 2.44. The molecule has 0 aromatic carbocycles. The molecule has 1 aliphatic heterocycles. The van der Waals surface area contributed by atoms with E-state index in [1.165, 1.54) is 0 Å². The molecule has 19 heavy (non-hydrogen) atoms. The number of hydrogen-bond donors (Lipinski definition) is 2. The molecule has 112 valence electrons. The quantitative estimate of drug-likeness (QED) is 0.347. The van der Waals surface area contributed by atoms with Crippen molar-refractivity contribution in [1.82, 2.24) is 4.90 Å². The third-order valence-electron chi connectivity index (χ3n) is 3.72. The Balaban J connectivity index is 2.41. The van der Waals surface area contributed by atoms with Gasteiger partial charge in [-0.15, -0.1) is 0 Å². The number of oxime groups is 1. The minimum absolute atomic E-state index is 0.0707. The number of nitrogens with zero attached hydrogens (tertiary/aromatic N) is 2. The van der Waals surface area contributed by atoms with Gasteiger partial charge < -0.3 is 15.7 Å². The number of rotatable bonds is 5. The minimum atomic E-state index is -0.248. The molecule has 0 aromatic rings. The van der Waals surface area contributed by atoms with Crippen molar-refractivity contribution in [3.63, 3.8) is 0 Å². The van der Waals surface area contributed by atoms with Gasteiger partial charge in [-0.2, -0.15) is 0 Å². The zero-order chi connectivity index (χ0) is 14.7. The van der Waals surface area contributed by atoms with Crippen molar-refractivity contribution in [1.29, 1.82) is 0 Å². The van der Waals surface area contributed by atoms with Crippen LogP contribution < -0.4 is 5.73 Å². The van der Waals surface area contributed by atoms with E-state index in [0.717, 1.165) is 32.5 Å². The maximum atomic E-state index is 8.76. The molecular weight excluding hydrogens is 242 g/mol. The zero-order valence-corrected chi connectivity index (χ0v) is 12.9. The first-order chi connectivity index (χ1) is 8.66. The van der Waals surface area contributed by atoms with Gasteiger partial charge in [0.25, 0.3) is 0 Å². The Hall–Kier alpha value is -0.810. The van der Waals surface area contributed by atoms with Gasteiger partial charge in [0, 0.05) is 18.5 Å². The molecule has 1 atom stereocenters. The molecule has 5 heteroatoms. The lowest BCUT2D eigenvalue weighted by molar-refractivity contribution is -0.128. The van der Waals surface area contributed by atoms with E-state index in [2.05, 4.69) is 30.8 Å². The Morgan fingerprint density at radius 2 is 2.16 bits per heavy atom. The molecule has 1 aliphatic rings. The van der Waals surface area contributed by atoms with Crippen LogP contribution >= 0.6 is 0 Å². The van der Waals surface area contributed by atoms with Crippen LogP contribution in [0.4, 0.5) is 0 Å². The summed E-state index contributed by atoms with van der Waals surface area (Å²) < 4.78 is 5.89. The van der Waals surface area contributed by atoms with E-state index in [4.69, 9.17) is 15.7 Å². The molecular formula is C14H29N3O2. The minimum Gasteiger partial charge on any atom is -0.409 e. The van der Waals surface area contributed by atoms with Gasteiger partial charge in [-0.1, -0.05) is 19.0 Å². The number of hydrogen-bond acceptors (Lipinski definition) is 4. The average molecular weight is 271 g/mol. The van der Waals surface area contributed by atoms with Crippen molar-refractivity contribution < 1.29 is 9.94 Å². The summed E-state index contributed by atoms with van der Waals surface area (Å²) in [7, 11) is 0. The van der Waals surface area contributed by atoms with Crippen molar-refractivity contribution in [2.24, 2.45) is 16.3 Å². The molecule has 1 heterocycles. The first-order valence-electron chi connectivity index (χ1n) is 7.04. The van der Waals surface area contributed by atoms with Crippen LogP contribution in [0, 0.1) is 5.41 Å². The molecule has 0 amide bonds. The summed E-state index contributed by atoms with van der Waals surface area (Å²) in [5.41, 5.74) is 5.38. The largest absolute Gasteiger partial charge is 0.409 e. The van der Waals surface area contributed by atoms with Crippen molar-refractivity contribution in [2.75, 3.05) is 19.6 Å². The predicted molar refractivity (Wildman–Crippen MR) is 77.5 cm³/mol. The topological polar surface area (TPSA) is 71.1 Å². The van der Waals surface area contributed by atoms with Crippen LogP contribution in [0.25, 0.3) is 0 Å². The molecule has 1 rings (SSSR count). The van der Waals surface area contributed by atoms with Crippen molar-refractivity contribution >= 4 is 5.84 Å². The van der Waals surface area contributed by atoms with E-state index < -0.39 is 0 Å². The number of amidine groups is 1. The van der Waals surface area contributed by atoms with Crippen LogP contribution in [0.1, 0.15) is 47.5 Å². The second kappa shape index (κ2) is 6.09. The van der Waals surface area contributed by atoms with Gasteiger partial charge in [-0.05, 0) is 40.2 Å². The Kier molecular flexibility index (Phi) is 5.21. The Labute approximate surface area is 116 Å². The van der Waals surface area contributed by atoms with E-state index in [1.807, 2.05) is 13.8 Å². The fourth-order valence-corrected chi connectivity index (χ4v) is 2.76. The molecule has 0 aliphatic carbocycles. The molecule has 1 saturated heterocycles. The van der Waals surface area contributed by atoms with E-state index in [1.54, 1.807) is 0 Å². The molecule has 1 unspecified atom stereocenters. The van der Waals surface area contributed by atoms with E-state index >= 15 is 0 Å². The molecule has 3 N–H and O–H groups in total. The molecule has 0 aromatic heterocycles. The highest BCUT2D eigenvalue weighted by molar-refractivity contribution is 5.85. The maximum absolute atomic E-state index is 8.76. The molecule has 0 saturated carbocycles. The summed E-state index contributed by atoms with van der Waals surface area (Å²) in [5.74, 6) is 0.308. The lowest BCUT2D eigenvalue weighted by Gasteiger charge is -2.42. The fourth-order valence-electron chi connectivity index (χ4n) is 2.76. The van der Waals surface area contributed by atoms with Crippen molar-refractivity contribution in [3.8, 4) is 0 Å². The molecule has 1 fully saturated rings. The highest BCUT2D eigenvalue weighted by Gasteiger charge is 2.31. The van der Waals surface area contributed by atoms with E-state index in [-0.39, 0.29) is 17.1 Å². The molecule has 0 bridgehead atoms. The zero-order valence-electron chi connectivity index (χ0n) is 12.9. The van der Waals surface area contributed by atoms with E-state index in [0.29, 0.717) is 5.84 Å². The normalized spacial score (nSPS) is 25.5. The van der Waals surface area contributed by atoms with Crippen LogP contribution in [-0.2, 0) is 4.74 Å². The average Bonchev–Trinajstić information content (AvgIpc) is 2.24. The number of ether oxygens (including phenoxy) is 1. The summed E-state index contributed by atoms with van der Waals surface area (Å²) in [6.45, 7) is 13.4.